The lowest BCUT2D eigenvalue weighted by molar-refractivity contribution is -0.120. The third kappa shape index (κ3) is 4.92. The number of benzene rings is 2. The van der Waals surface area contributed by atoms with Gasteiger partial charge in [0, 0.05) is 23.5 Å². The molecule has 1 aliphatic rings. The van der Waals surface area contributed by atoms with Crippen molar-refractivity contribution in [1.29, 1.82) is 0 Å². The summed E-state index contributed by atoms with van der Waals surface area (Å²) >= 11 is 0. The van der Waals surface area contributed by atoms with Crippen LogP contribution in [-0.4, -0.2) is 32.5 Å². The third-order valence-corrected chi connectivity index (χ3v) is 5.19. The van der Waals surface area contributed by atoms with Gasteiger partial charge in [0.1, 0.15) is 0 Å². The quantitative estimate of drug-likeness (QED) is 0.813. The fourth-order valence-electron chi connectivity index (χ4n) is 2.45. The smallest absolute Gasteiger partial charge is 0.255 e. The molecule has 2 N–H and O–H groups in total. The van der Waals surface area contributed by atoms with E-state index in [4.69, 9.17) is 0 Å². The van der Waals surface area contributed by atoms with E-state index < -0.39 is 9.84 Å². The Morgan fingerprint density at radius 3 is 2.15 bits per heavy atom. The maximum Gasteiger partial charge on any atom is 0.255 e. The number of carbonyl (C=O) groups excluding carboxylic acids is 2. The normalized spacial score (nSPS) is 13.9. The molecule has 0 bridgehead atoms. The highest BCUT2D eigenvalue weighted by Gasteiger charge is 2.23. The van der Waals surface area contributed by atoms with Crippen LogP contribution >= 0.6 is 0 Å². The number of hydrogen-bond donors (Lipinski definition) is 2. The lowest BCUT2D eigenvalue weighted by Crippen LogP contribution is -2.26. The van der Waals surface area contributed by atoms with Crippen molar-refractivity contribution in [2.24, 2.45) is 0 Å². The van der Waals surface area contributed by atoms with Gasteiger partial charge in [0.2, 0.25) is 5.91 Å². The lowest BCUT2D eigenvalue weighted by atomic mass is 10.1. The summed E-state index contributed by atoms with van der Waals surface area (Å²) in [7, 11) is -3.29. The molecule has 1 saturated carbocycles. The first-order valence-corrected chi connectivity index (χ1v) is 10.2. The predicted octanol–water partition coefficient (Wildman–Crippen LogP) is 2.16. The number of sulfone groups is 1. The van der Waals surface area contributed by atoms with Crippen molar-refractivity contribution in [2.75, 3.05) is 11.6 Å². The molecule has 6 nitrogen and oxygen atoms in total. The molecule has 0 atom stereocenters. The molecule has 2 aromatic rings. The van der Waals surface area contributed by atoms with Crippen LogP contribution in [-0.2, 0) is 21.1 Å². The second-order valence-electron chi connectivity index (χ2n) is 6.47. The number of anilines is 1. The minimum Gasteiger partial charge on any atom is -0.353 e. The van der Waals surface area contributed by atoms with Gasteiger partial charge in [0.25, 0.3) is 5.91 Å². The van der Waals surface area contributed by atoms with Gasteiger partial charge in [0.05, 0.1) is 11.3 Å². The Bertz CT molecular complexity index is 915. The molecule has 0 spiro atoms. The van der Waals surface area contributed by atoms with E-state index in [1.807, 2.05) is 0 Å². The largest absolute Gasteiger partial charge is 0.353 e. The van der Waals surface area contributed by atoms with Crippen molar-refractivity contribution < 1.29 is 18.0 Å². The number of nitrogens with one attached hydrogen (secondary N) is 2. The SMILES string of the molecule is CS(=O)(=O)c1ccc(C(=O)Nc2ccc(CC(=O)NC3CC3)cc2)cc1. The van der Waals surface area contributed by atoms with Crippen molar-refractivity contribution in [3.63, 3.8) is 0 Å². The molecular weight excluding hydrogens is 352 g/mol. The van der Waals surface area contributed by atoms with Crippen molar-refractivity contribution in [3.8, 4) is 0 Å². The first kappa shape index (κ1) is 18.1. The van der Waals surface area contributed by atoms with Crippen molar-refractivity contribution in [2.45, 2.75) is 30.2 Å². The van der Waals surface area contributed by atoms with Crippen LogP contribution in [0.3, 0.4) is 0 Å². The summed E-state index contributed by atoms with van der Waals surface area (Å²) in [6.45, 7) is 0. The van der Waals surface area contributed by atoms with Crippen LogP contribution in [0.5, 0.6) is 0 Å². The predicted molar refractivity (Wildman–Crippen MR) is 98.8 cm³/mol. The molecule has 0 heterocycles. The summed E-state index contributed by atoms with van der Waals surface area (Å²) in [5.41, 5.74) is 1.84. The molecule has 2 amide bonds. The highest BCUT2D eigenvalue weighted by molar-refractivity contribution is 7.90. The van der Waals surface area contributed by atoms with Gasteiger partial charge >= 0.3 is 0 Å². The second kappa shape index (κ2) is 7.29. The van der Waals surface area contributed by atoms with Gasteiger partial charge in [-0.2, -0.15) is 0 Å². The molecule has 1 fully saturated rings. The van der Waals surface area contributed by atoms with E-state index in [1.54, 1.807) is 24.3 Å². The highest BCUT2D eigenvalue weighted by atomic mass is 32.2. The summed E-state index contributed by atoms with van der Waals surface area (Å²) < 4.78 is 22.9. The van der Waals surface area contributed by atoms with Crippen LogP contribution in [0.15, 0.2) is 53.4 Å². The molecular formula is C19H20N2O4S. The van der Waals surface area contributed by atoms with Crippen LogP contribution in [0.2, 0.25) is 0 Å². The van der Waals surface area contributed by atoms with Crippen LogP contribution in [0.25, 0.3) is 0 Å². The van der Waals surface area contributed by atoms with Gasteiger partial charge in [-0.15, -0.1) is 0 Å². The van der Waals surface area contributed by atoms with E-state index in [-0.39, 0.29) is 16.7 Å². The Morgan fingerprint density at radius 1 is 1.00 bits per heavy atom. The molecule has 0 unspecified atom stereocenters. The highest BCUT2D eigenvalue weighted by Crippen LogP contribution is 2.19. The van der Waals surface area contributed by atoms with Gasteiger partial charge in [-0.05, 0) is 54.8 Å². The number of rotatable bonds is 6. The minimum atomic E-state index is -3.29. The van der Waals surface area contributed by atoms with Crippen molar-refractivity contribution in [3.05, 3.63) is 59.7 Å². The Kier molecular flexibility index (Phi) is 5.08. The fourth-order valence-corrected chi connectivity index (χ4v) is 3.08. The topological polar surface area (TPSA) is 92.3 Å². The zero-order chi connectivity index (χ0) is 18.7. The zero-order valence-corrected chi connectivity index (χ0v) is 15.2. The van der Waals surface area contributed by atoms with E-state index in [0.717, 1.165) is 24.7 Å². The van der Waals surface area contributed by atoms with Crippen LogP contribution in [0.4, 0.5) is 5.69 Å². The monoisotopic (exact) mass is 372 g/mol. The summed E-state index contributed by atoms with van der Waals surface area (Å²) in [6, 6.07) is 13.2. The molecule has 136 valence electrons. The summed E-state index contributed by atoms with van der Waals surface area (Å²) in [4.78, 5) is 24.2. The van der Waals surface area contributed by atoms with Gasteiger partial charge in [0.15, 0.2) is 9.84 Å². The van der Waals surface area contributed by atoms with Gasteiger partial charge < -0.3 is 10.6 Å². The number of carbonyl (C=O) groups is 2. The van der Waals surface area contributed by atoms with Gasteiger partial charge in [-0.3, -0.25) is 9.59 Å². The first-order valence-electron chi connectivity index (χ1n) is 8.31. The van der Waals surface area contributed by atoms with Crippen LogP contribution in [0.1, 0.15) is 28.8 Å². The number of amides is 2. The van der Waals surface area contributed by atoms with Crippen LogP contribution in [0, 0.1) is 0 Å². The van der Waals surface area contributed by atoms with E-state index >= 15 is 0 Å². The summed E-state index contributed by atoms with van der Waals surface area (Å²) in [5.74, 6) is -0.320. The van der Waals surface area contributed by atoms with Crippen molar-refractivity contribution in [1.82, 2.24) is 5.32 Å². The Morgan fingerprint density at radius 2 is 1.62 bits per heavy atom. The van der Waals surface area contributed by atoms with Crippen LogP contribution < -0.4 is 10.6 Å². The fraction of sp³-hybridized carbons (Fsp3) is 0.263. The van der Waals surface area contributed by atoms with E-state index in [9.17, 15) is 18.0 Å². The molecule has 0 aliphatic heterocycles. The molecule has 7 heteroatoms. The minimum absolute atomic E-state index is 0.00949. The molecule has 0 saturated heterocycles. The number of hydrogen-bond acceptors (Lipinski definition) is 4. The Balaban J connectivity index is 1.59. The van der Waals surface area contributed by atoms with Gasteiger partial charge in [-0.1, -0.05) is 12.1 Å². The molecule has 0 aromatic heterocycles. The molecule has 2 aromatic carbocycles. The van der Waals surface area contributed by atoms with Crippen molar-refractivity contribution >= 4 is 27.3 Å². The molecule has 3 rings (SSSR count). The summed E-state index contributed by atoms with van der Waals surface area (Å²) in [5, 5.41) is 5.68. The molecule has 1 aliphatic carbocycles. The average molecular weight is 372 g/mol. The van der Waals surface area contributed by atoms with E-state index in [1.165, 1.54) is 24.3 Å². The lowest BCUT2D eigenvalue weighted by Gasteiger charge is -2.08. The Labute approximate surface area is 152 Å². The zero-order valence-electron chi connectivity index (χ0n) is 14.4. The van der Waals surface area contributed by atoms with Gasteiger partial charge in [-0.25, -0.2) is 8.42 Å². The Hall–Kier alpha value is -2.67. The molecule has 26 heavy (non-hydrogen) atoms. The maximum absolute atomic E-state index is 12.2. The summed E-state index contributed by atoms with van der Waals surface area (Å²) in [6.07, 6.45) is 3.55. The molecule has 0 radical (unpaired) electrons. The standard InChI is InChI=1S/C19H20N2O4S/c1-26(24,25)17-10-4-14(5-11-17)19(23)21-16-6-2-13(3-7-16)12-18(22)20-15-8-9-15/h2-7,10-11,15H,8-9,12H2,1H3,(H,20,22)(H,21,23). The average Bonchev–Trinajstić information content (AvgIpc) is 3.40. The maximum atomic E-state index is 12.2. The van der Waals surface area contributed by atoms with E-state index in [2.05, 4.69) is 10.6 Å². The first-order chi connectivity index (χ1) is 12.3. The second-order valence-corrected chi connectivity index (χ2v) is 8.48. The third-order valence-electron chi connectivity index (χ3n) is 4.06. The van der Waals surface area contributed by atoms with E-state index in [0.29, 0.717) is 23.7 Å².